The minimum atomic E-state index is -4.84. The van der Waals surface area contributed by atoms with Gasteiger partial charge in [0.15, 0.2) is 17.2 Å². The minimum Gasteiger partial charge on any atom is -0.318 e. The number of amides is 2. The molecule has 2 N–H and O–H groups in total. The lowest BCUT2D eigenvalue weighted by atomic mass is 10.1. The van der Waals surface area contributed by atoms with Crippen molar-refractivity contribution < 1.29 is 27.6 Å². The lowest BCUT2D eigenvalue weighted by Crippen LogP contribution is -2.31. The number of hydrogen-bond donors (Lipinski definition) is 2. The second-order valence-corrected chi connectivity index (χ2v) is 8.31. The maximum absolute atomic E-state index is 13.5. The van der Waals surface area contributed by atoms with Gasteiger partial charge in [0.2, 0.25) is 0 Å². The van der Waals surface area contributed by atoms with E-state index in [-0.39, 0.29) is 28.3 Å². The number of fused-ring (bicyclic) bond motifs is 1. The van der Waals surface area contributed by atoms with Crippen molar-refractivity contribution in [2.24, 2.45) is 0 Å². The fraction of sp³-hybridized carbons (Fsp3) is 0.227. The molecule has 0 spiro atoms. The van der Waals surface area contributed by atoms with Crippen LogP contribution >= 0.6 is 11.6 Å². The predicted molar refractivity (Wildman–Crippen MR) is 123 cm³/mol. The highest BCUT2D eigenvalue weighted by Gasteiger charge is 2.37. The topological polar surface area (TPSA) is 115 Å². The molecule has 0 bridgehead atoms. The number of aromatic nitrogens is 5. The third-order valence-electron chi connectivity index (χ3n) is 4.89. The molecule has 4 rings (SSSR count). The number of hydrogen-bond acceptors (Lipinski definition) is 6. The summed E-state index contributed by atoms with van der Waals surface area (Å²) in [5, 5.41) is 10.1. The van der Waals surface area contributed by atoms with Crippen LogP contribution in [0.1, 0.15) is 46.1 Å². The summed E-state index contributed by atoms with van der Waals surface area (Å²) in [6.45, 7) is 5.02. The molecule has 0 atom stereocenters. The average Bonchev–Trinajstić information content (AvgIpc) is 3.45. The van der Waals surface area contributed by atoms with Gasteiger partial charge in [-0.05, 0) is 50.6 Å². The van der Waals surface area contributed by atoms with Crippen LogP contribution in [0.5, 0.6) is 0 Å². The molecule has 36 heavy (non-hydrogen) atoms. The highest BCUT2D eigenvalue weighted by Crippen LogP contribution is 2.31. The molecule has 4 aromatic rings. The van der Waals surface area contributed by atoms with Gasteiger partial charge in [0.25, 0.3) is 11.8 Å². The Kier molecular flexibility index (Phi) is 6.69. The number of aryl methyl sites for hydroxylation is 1. The van der Waals surface area contributed by atoms with Crippen LogP contribution in [0.25, 0.3) is 11.3 Å². The Balaban J connectivity index is 1.82. The van der Waals surface area contributed by atoms with E-state index in [1.807, 2.05) is 0 Å². The third kappa shape index (κ3) is 4.88. The predicted octanol–water partition coefficient (Wildman–Crippen LogP) is 4.22. The van der Waals surface area contributed by atoms with Crippen LogP contribution in [0.2, 0.25) is 5.02 Å². The Bertz CT molecular complexity index is 1460. The van der Waals surface area contributed by atoms with Crippen molar-refractivity contribution in [3.8, 4) is 5.82 Å². The number of pyridine rings is 2. The Morgan fingerprint density at radius 2 is 1.89 bits per heavy atom. The Morgan fingerprint density at radius 3 is 2.56 bits per heavy atom. The standard InChI is InChI=1S/C22H19ClF3N7O3/c1-11(2)36-31-21(35)18-17(12(3)9-13-6-8-28-32(13)18)29-20(34)15-10-16(22(24,25)26)30-33(15)19-14(23)5-4-7-27-19/h4-11H,1-3H3,(H,29,34)(H,31,35). The zero-order valence-corrected chi connectivity index (χ0v) is 19.8. The Labute approximate surface area is 207 Å². The quantitative estimate of drug-likeness (QED) is 0.367. The second-order valence-electron chi connectivity index (χ2n) is 7.90. The molecule has 0 aromatic carbocycles. The van der Waals surface area contributed by atoms with E-state index in [1.165, 1.54) is 29.0 Å². The van der Waals surface area contributed by atoms with Crippen LogP contribution in [0.15, 0.2) is 42.7 Å². The maximum atomic E-state index is 13.5. The first-order chi connectivity index (χ1) is 17.0. The fourth-order valence-corrected chi connectivity index (χ4v) is 3.54. The van der Waals surface area contributed by atoms with Gasteiger partial charge in [-0.1, -0.05) is 11.6 Å². The number of carbonyl (C=O) groups excluding carboxylic acids is 2. The number of nitrogens with zero attached hydrogens (tertiary/aromatic N) is 5. The van der Waals surface area contributed by atoms with E-state index in [1.54, 1.807) is 32.9 Å². The van der Waals surface area contributed by atoms with E-state index in [9.17, 15) is 22.8 Å². The lowest BCUT2D eigenvalue weighted by molar-refractivity contribution is -0.141. The van der Waals surface area contributed by atoms with Crippen LogP contribution in [0.3, 0.4) is 0 Å². The minimum absolute atomic E-state index is 0.00878. The van der Waals surface area contributed by atoms with E-state index in [0.29, 0.717) is 21.8 Å². The van der Waals surface area contributed by atoms with Gasteiger partial charge in [-0.2, -0.15) is 23.4 Å². The molecule has 4 aromatic heterocycles. The van der Waals surface area contributed by atoms with Gasteiger partial charge in [0, 0.05) is 12.3 Å². The molecule has 0 aliphatic heterocycles. The summed E-state index contributed by atoms with van der Waals surface area (Å²) in [5.74, 6) is -1.90. The summed E-state index contributed by atoms with van der Waals surface area (Å²) in [6, 6.07) is 6.74. The Morgan fingerprint density at radius 1 is 1.14 bits per heavy atom. The maximum Gasteiger partial charge on any atom is 0.435 e. The molecular weight excluding hydrogens is 503 g/mol. The summed E-state index contributed by atoms with van der Waals surface area (Å²) >= 11 is 6.11. The van der Waals surface area contributed by atoms with Crippen molar-refractivity contribution in [3.05, 3.63) is 70.4 Å². The van der Waals surface area contributed by atoms with Crippen LogP contribution in [-0.4, -0.2) is 42.3 Å². The highest BCUT2D eigenvalue weighted by molar-refractivity contribution is 6.32. The van der Waals surface area contributed by atoms with Gasteiger partial charge in [0.05, 0.1) is 28.5 Å². The van der Waals surface area contributed by atoms with Gasteiger partial charge in [-0.3, -0.25) is 14.4 Å². The van der Waals surface area contributed by atoms with Gasteiger partial charge < -0.3 is 5.32 Å². The van der Waals surface area contributed by atoms with Gasteiger partial charge in [0.1, 0.15) is 5.69 Å². The number of carbonyl (C=O) groups is 2. The van der Waals surface area contributed by atoms with Crippen LogP contribution < -0.4 is 10.8 Å². The first kappa shape index (κ1) is 25.1. The SMILES string of the molecule is Cc1cc2ccnn2c(C(=O)NOC(C)C)c1NC(=O)c1cc(C(F)(F)F)nn1-c1ncccc1Cl. The van der Waals surface area contributed by atoms with Crippen molar-refractivity contribution in [2.45, 2.75) is 33.1 Å². The van der Waals surface area contributed by atoms with Crippen molar-refractivity contribution in [1.82, 2.24) is 29.9 Å². The summed E-state index contributed by atoms with van der Waals surface area (Å²) in [4.78, 5) is 35.4. The van der Waals surface area contributed by atoms with Crippen molar-refractivity contribution in [1.29, 1.82) is 0 Å². The molecule has 0 saturated carbocycles. The van der Waals surface area contributed by atoms with Crippen molar-refractivity contribution in [3.63, 3.8) is 0 Å². The van der Waals surface area contributed by atoms with Gasteiger partial charge in [-0.15, -0.1) is 0 Å². The number of alkyl halides is 3. The van der Waals surface area contributed by atoms with Crippen molar-refractivity contribution in [2.75, 3.05) is 5.32 Å². The van der Waals surface area contributed by atoms with E-state index >= 15 is 0 Å². The number of halogens is 4. The second kappa shape index (κ2) is 9.59. The fourth-order valence-electron chi connectivity index (χ4n) is 3.34. The van der Waals surface area contributed by atoms with Gasteiger partial charge in [-0.25, -0.2) is 19.7 Å². The Hall–Kier alpha value is -3.97. The molecule has 0 aliphatic rings. The monoisotopic (exact) mass is 521 g/mol. The molecular formula is C22H19ClF3N7O3. The molecule has 4 heterocycles. The molecule has 0 fully saturated rings. The lowest BCUT2D eigenvalue weighted by Gasteiger charge is -2.16. The summed E-state index contributed by atoms with van der Waals surface area (Å²) in [7, 11) is 0. The number of hydroxylamine groups is 1. The van der Waals surface area contributed by atoms with Crippen molar-refractivity contribution >= 4 is 34.6 Å². The molecule has 0 aliphatic carbocycles. The molecule has 0 unspecified atom stereocenters. The van der Waals surface area contributed by atoms with Crippen LogP contribution in [0.4, 0.5) is 18.9 Å². The largest absolute Gasteiger partial charge is 0.435 e. The third-order valence-corrected chi connectivity index (χ3v) is 5.19. The van der Waals surface area contributed by atoms with Crippen LogP contribution in [-0.2, 0) is 11.0 Å². The molecule has 0 radical (unpaired) electrons. The first-order valence-corrected chi connectivity index (χ1v) is 10.9. The number of nitrogens with one attached hydrogen (secondary N) is 2. The molecule has 10 nitrogen and oxygen atoms in total. The van der Waals surface area contributed by atoms with E-state index < -0.39 is 29.4 Å². The molecule has 0 saturated heterocycles. The normalized spacial score (nSPS) is 11.8. The number of rotatable bonds is 6. The van der Waals surface area contributed by atoms with Gasteiger partial charge >= 0.3 is 6.18 Å². The van der Waals surface area contributed by atoms with E-state index in [0.717, 1.165) is 0 Å². The zero-order valence-electron chi connectivity index (χ0n) is 19.1. The summed E-state index contributed by atoms with van der Waals surface area (Å²) < 4.78 is 42.4. The molecule has 14 heteroatoms. The smallest absolute Gasteiger partial charge is 0.318 e. The van der Waals surface area contributed by atoms with E-state index in [2.05, 4.69) is 26.0 Å². The van der Waals surface area contributed by atoms with E-state index in [4.69, 9.17) is 16.4 Å². The number of anilines is 1. The van der Waals surface area contributed by atoms with Crippen LogP contribution in [0, 0.1) is 6.92 Å². The first-order valence-electron chi connectivity index (χ1n) is 10.5. The molecule has 188 valence electrons. The average molecular weight is 522 g/mol. The summed E-state index contributed by atoms with van der Waals surface area (Å²) in [5.41, 5.74) is 1.36. The summed E-state index contributed by atoms with van der Waals surface area (Å²) in [6.07, 6.45) is -2.44. The zero-order chi connectivity index (χ0) is 26.2. The molecule has 2 amide bonds. The highest BCUT2D eigenvalue weighted by atomic mass is 35.5.